The summed E-state index contributed by atoms with van der Waals surface area (Å²) in [4.78, 5) is 50.1. The Balaban J connectivity index is 1.44. The van der Waals surface area contributed by atoms with Gasteiger partial charge in [-0.1, -0.05) is 0 Å². The van der Waals surface area contributed by atoms with Crippen LogP contribution in [0.4, 0.5) is 22.7 Å². The third-order valence-corrected chi connectivity index (χ3v) is 5.94. The van der Waals surface area contributed by atoms with Gasteiger partial charge in [-0.2, -0.15) is 0 Å². The Hall–Kier alpha value is -5.04. The van der Waals surface area contributed by atoms with E-state index in [4.69, 9.17) is 10.8 Å². The van der Waals surface area contributed by atoms with Gasteiger partial charge in [0.05, 0.1) is 28.4 Å². The third-order valence-electron chi connectivity index (χ3n) is 5.94. The first-order chi connectivity index (χ1) is 18.0. The molecule has 0 fully saturated rings. The molecule has 13 heteroatoms. The predicted molar refractivity (Wildman–Crippen MR) is 141 cm³/mol. The first-order valence-corrected chi connectivity index (χ1v) is 11.5. The van der Waals surface area contributed by atoms with Gasteiger partial charge in [0.25, 0.3) is 17.7 Å². The lowest BCUT2D eigenvalue weighted by molar-refractivity contribution is 0.0894. The summed E-state index contributed by atoms with van der Waals surface area (Å²) >= 11 is 0. The average molecular weight is 521 g/mol. The van der Waals surface area contributed by atoms with Crippen LogP contribution in [0.25, 0.3) is 0 Å². The number of nitrogens with one attached hydrogen (secondary N) is 3. The van der Waals surface area contributed by atoms with Gasteiger partial charge < -0.3 is 45.1 Å². The molecule has 13 nitrogen and oxygen atoms in total. The van der Waals surface area contributed by atoms with E-state index in [1.165, 1.54) is 22.8 Å². The molecule has 4 aromatic heterocycles. The van der Waals surface area contributed by atoms with Crippen molar-refractivity contribution in [3.8, 4) is 0 Å². The molecule has 0 saturated carbocycles. The van der Waals surface area contributed by atoms with Crippen LogP contribution < -0.4 is 21.7 Å². The number of carbonyl (C=O) groups excluding carboxylic acids is 4. The Morgan fingerprint density at radius 3 is 1.34 bits per heavy atom. The Kier molecular flexibility index (Phi) is 6.95. The Morgan fingerprint density at radius 1 is 0.632 bits per heavy atom. The molecule has 0 aliphatic rings. The lowest BCUT2D eigenvalue weighted by Gasteiger charge is -2.03. The Morgan fingerprint density at radius 2 is 0.974 bits per heavy atom. The van der Waals surface area contributed by atoms with Crippen molar-refractivity contribution in [1.82, 2.24) is 18.3 Å². The van der Waals surface area contributed by atoms with Crippen molar-refractivity contribution in [2.75, 3.05) is 28.3 Å². The molecule has 0 saturated heterocycles. The summed E-state index contributed by atoms with van der Waals surface area (Å²) in [6.07, 6.45) is 6.38. The van der Waals surface area contributed by atoms with Crippen molar-refractivity contribution in [3.05, 3.63) is 71.8 Å². The van der Waals surface area contributed by atoms with Gasteiger partial charge in [0.1, 0.15) is 23.7 Å². The number of anilines is 4. The van der Waals surface area contributed by atoms with E-state index in [1.807, 2.05) is 0 Å². The number of aliphatic hydroxyl groups is 1. The molecule has 0 aliphatic heterocycles. The van der Waals surface area contributed by atoms with Gasteiger partial charge >= 0.3 is 0 Å². The summed E-state index contributed by atoms with van der Waals surface area (Å²) in [7, 11) is 6.67. The SMILES string of the molecule is Cn1cc(NC(=O)c2cc(NC(=O)c3cc(NC(=O)c4cc(N)cn4C)cn3C)cn2C)cc1C(=O)CO. The second kappa shape index (κ2) is 10.1. The first kappa shape index (κ1) is 26.0. The van der Waals surface area contributed by atoms with Crippen LogP contribution in [0.3, 0.4) is 0 Å². The van der Waals surface area contributed by atoms with Crippen molar-refractivity contribution < 1.29 is 24.3 Å². The fourth-order valence-corrected chi connectivity index (χ4v) is 4.11. The smallest absolute Gasteiger partial charge is 0.272 e. The highest BCUT2D eigenvalue weighted by Crippen LogP contribution is 2.20. The van der Waals surface area contributed by atoms with Crippen LogP contribution in [0.2, 0.25) is 0 Å². The van der Waals surface area contributed by atoms with Crippen molar-refractivity contribution in [2.24, 2.45) is 28.2 Å². The first-order valence-electron chi connectivity index (χ1n) is 11.5. The molecule has 0 spiro atoms. The number of aryl methyl sites for hydroxylation is 4. The molecule has 0 radical (unpaired) electrons. The Labute approximate surface area is 217 Å². The van der Waals surface area contributed by atoms with Gasteiger partial charge in [0.2, 0.25) is 5.78 Å². The summed E-state index contributed by atoms with van der Waals surface area (Å²) in [5, 5.41) is 17.3. The number of Topliss-reactive ketones (excluding diaryl/α,β-unsaturated/α-hetero) is 1. The van der Waals surface area contributed by atoms with Gasteiger partial charge in [-0.15, -0.1) is 0 Å². The Bertz CT molecular complexity index is 1570. The molecule has 38 heavy (non-hydrogen) atoms. The van der Waals surface area contributed by atoms with E-state index in [0.29, 0.717) is 28.4 Å². The van der Waals surface area contributed by atoms with E-state index in [-0.39, 0.29) is 23.0 Å². The van der Waals surface area contributed by atoms with Crippen LogP contribution in [-0.4, -0.2) is 53.5 Å². The van der Waals surface area contributed by atoms with Gasteiger partial charge in [-0.25, -0.2) is 0 Å². The third kappa shape index (κ3) is 5.22. The highest BCUT2D eigenvalue weighted by molar-refractivity contribution is 6.08. The van der Waals surface area contributed by atoms with Crippen LogP contribution in [0, 0.1) is 0 Å². The van der Waals surface area contributed by atoms with Crippen LogP contribution >= 0.6 is 0 Å². The maximum absolute atomic E-state index is 12.9. The number of aliphatic hydroxyl groups excluding tert-OH is 1. The quantitative estimate of drug-likeness (QED) is 0.221. The minimum Gasteiger partial charge on any atom is -0.397 e. The second-order valence-corrected chi connectivity index (χ2v) is 8.89. The molecule has 6 N–H and O–H groups in total. The maximum Gasteiger partial charge on any atom is 0.272 e. The van der Waals surface area contributed by atoms with E-state index in [0.717, 1.165) is 0 Å². The number of aromatic nitrogens is 4. The minimum atomic E-state index is -0.636. The van der Waals surface area contributed by atoms with E-state index < -0.39 is 24.2 Å². The second-order valence-electron chi connectivity index (χ2n) is 8.89. The number of hydrogen-bond acceptors (Lipinski definition) is 6. The summed E-state index contributed by atoms with van der Waals surface area (Å²) in [6, 6.07) is 6.08. The number of hydrogen-bond donors (Lipinski definition) is 5. The molecule has 198 valence electrons. The van der Waals surface area contributed by atoms with Crippen molar-refractivity contribution in [2.45, 2.75) is 0 Å². The molecule has 4 heterocycles. The summed E-state index contributed by atoms with van der Waals surface area (Å²) in [5.41, 5.74) is 8.59. The summed E-state index contributed by atoms with van der Waals surface area (Å²) in [6.45, 7) is -0.636. The number of nitrogen functional groups attached to an aromatic ring is 1. The average Bonchev–Trinajstić information content (AvgIpc) is 3.59. The maximum atomic E-state index is 12.9. The zero-order valence-corrected chi connectivity index (χ0v) is 21.3. The number of amides is 3. The predicted octanol–water partition coefficient (Wildman–Crippen LogP) is 1.55. The van der Waals surface area contributed by atoms with Crippen molar-refractivity contribution in [1.29, 1.82) is 0 Å². The van der Waals surface area contributed by atoms with Gasteiger partial charge in [-0.3, -0.25) is 19.2 Å². The molecule has 4 rings (SSSR count). The van der Waals surface area contributed by atoms with Crippen molar-refractivity contribution in [3.63, 3.8) is 0 Å². The molecule has 0 aliphatic carbocycles. The fraction of sp³-hybridized carbons (Fsp3) is 0.200. The molecule has 4 aromatic rings. The fourth-order valence-electron chi connectivity index (χ4n) is 4.11. The minimum absolute atomic E-state index is 0.258. The molecule has 0 unspecified atom stereocenters. The molecule has 0 atom stereocenters. The highest BCUT2D eigenvalue weighted by Gasteiger charge is 2.19. The standard InChI is InChI=1S/C25H28N8O5/c1-30-9-14(26)5-19(30)23(36)28-16-7-21(32(3)11-16)25(38)29-17-8-20(33(4)12-17)24(37)27-15-6-18(22(35)13-34)31(2)10-15/h5-12,34H,13,26H2,1-4H3,(H,27,37)(H,28,36)(H,29,38). The summed E-state index contributed by atoms with van der Waals surface area (Å²) in [5.74, 6) is -1.73. The van der Waals surface area contributed by atoms with E-state index in [1.54, 1.807) is 72.7 Å². The summed E-state index contributed by atoms with van der Waals surface area (Å²) < 4.78 is 6.24. The van der Waals surface area contributed by atoms with Crippen LogP contribution in [0.15, 0.2) is 49.1 Å². The van der Waals surface area contributed by atoms with E-state index in [2.05, 4.69) is 16.0 Å². The van der Waals surface area contributed by atoms with Crippen molar-refractivity contribution >= 4 is 46.3 Å². The molecule has 3 amide bonds. The number of ketones is 1. The van der Waals surface area contributed by atoms with Gasteiger partial charge in [0, 0.05) is 53.0 Å². The monoisotopic (exact) mass is 520 g/mol. The van der Waals surface area contributed by atoms with E-state index >= 15 is 0 Å². The number of carbonyl (C=O) groups is 4. The molecule has 0 aromatic carbocycles. The van der Waals surface area contributed by atoms with Gasteiger partial charge in [0.15, 0.2) is 0 Å². The molecular formula is C25H28N8O5. The van der Waals surface area contributed by atoms with Crippen LogP contribution in [0.1, 0.15) is 42.0 Å². The van der Waals surface area contributed by atoms with E-state index in [9.17, 15) is 19.2 Å². The zero-order chi connectivity index (χ0) is 27.7. The number of nitrogens with two attached hydrogens (primary N) is 1. The zero-order valence-electron chi connectivity index (χ0n) is 21.3. The van der Waals surface area contributed by atoms with Gasteiger partial charge in [-0.05, 0) is 24.3 Å². The lowest BCUT2D eigenvalue weighted by atomic mass is 10.3. The largest absolute Gasteiger partial charge is 0.397 e. The highest BCUT2D eigenvalue weighted by atomic mass is 16.3. The topological polar surface area (TPSA) is 170 Å². The van der Waals surface area contributed by atoms with Crippen LogP contribution in [-0.2, 0) is 28.2 Å². The number of rotatable bonds is 8. The normalized spacial score (nSPS) is 10.9. The number of nitrogens with zero attached hydrogens (tertiary/aromatic N) is 4. The van der Waals surface area contributed by atoms with Crippen LogP contribution in [0.5, 0.6) is 0 Å². The lowest BCUT2D eigenvalue weighted by Crippen LogP contribution is -2.15. The molecule has 0 bridgehead atoms. The molecular weight excluding hydrogens is 492 g/mol.